The Morgan fingerprint density at radius 3 is 2.68 bits per heavy atom. The summed E-state index contributed by atoms with van der Waals surface area (Å²) in [5, 5.41) is 3.17. The van der Waals surface area contributed by atoms with Crippen LogP contribution in [0, 0.1) is 12.3 Å². The van der Waals surface area contributed by atoms with Crippen LogP contribution in [0.4, 0.5) is 0 Å². The molecular formula is C14H20N2O2S. The van der Waals surface area contributed by atoms with Gasteiger partial charge in [-0.3, -0.25) is 0 Å². The second-order valence-electron chi connectivity index (χ2n) is 4.06. The third-order valence-electron chi connectivity index (χ3n) is 2.74. The summed E-state index contributed by atoms with van der Waals surface area (Å²) in [4.78, 5) is 0.292. The van der Waals surface area contributed by atoms with Crippen LogP contribution in [0.25, 0.3) is 0 Å². The summed E-state index contributed by atoms with van der Waals surface area (Å²) in [5.74, 6) is 2.38. The largest absolute Gasteiger partial charge is 0.313 e. The molecule has 0 atom stereocenters. The maximum atomic E-state index is 12.4. The first-order valence-corrected chi connectivity index (χ1v) is 7.73. The molecule has 4 nitrogen and oxygen atoms in total. The van der Waals surface area contributed by atoms with Gasteiger partial charge >= 0.3 is 0 Å². The predicted molar refractivity (Wildman–Crippen MR) is 77.1 cm³/mol. The van der Waals surface area contributed by atoms with E-state index in [2.05, 4.69) is 11.2 Å². The highest BCUT2D eigenvalue weighted by molar-refractivity contribution is 7.89. The number of rotatable bonds is 7. The fourth-order valence-corrected chi connectivity index (χ4v) is 3.14. The molecule has 0 radical (unpaired) electrons. The van der Waals surface area contributed by atoms with Crippen LogP contribution in [-0.2, 0) is 16.6 Å². The smallest absolute Gasteiger partial charge is 0.243 e. The predicted octanol–water partition coefficient (Wildman–Crippen LogP) is 1.44. The number of hydrogen-bond acceptors (Lipinski definition) is 3. The summed E-state index contributed by atoms with van der Waals surface area (Å²) < 4.78 is 26.1. The maximum Gasteiger partial charge on any atom is 0.243 e. The van der Waals surface area contributed by atoms with Crippen molar-refractivity contribution in [3.8, 4) is 12.3 Å². The summed E-state index contributed by atoms with van der Waals surface area (Å²) in [6.45, 7) is 5.74. The molecule has 1 aromatic carbocycles. The molecule has 0 fully saturated rings. The van der Waals surface area contributed by atoms with Crippen molar-refractivity contribution in [3.63, 3.8) is 0 Å². The highest BCUT2D eigenvalue weighted by Gasteiger charge is 2.22. The maximum absolute atomic E-state index is 12.4. The van der Waals surface area contributed by atoms with Gasteiger partial charge < -0.3 is 5.32 Å². The lowest BCUT2D eigenvalue weighted by Gasteiger charge is -2.18. The Kier molecular flexibility index (Phi) is 6.03. The molecule has 0 bridgehead atoms. The van der Waals surface area contributed by atoms with Gasteiger partial charge in [-0.05, 0) is 24.2 Å². The van der Waals surface area contributed by atoms with E-state index >= 15 is 0 Å². The van der Waals surface area contributed by atoms with E-state index in [1.807, 2.05) is 13.0 Å². The zero-order chi connectivity index (χ0) is 14.3. The first-order chi connectivity index (χ1) is 9.06. The Labute approximate surface area is 115 Å². The van der Waals surface area contributed by atoms with E-state index in [1.165, 1.54) is 4.31 Å². The molecule has 104 valence electrons. The lowest BCUT2D eigenvalue weighted by Crippen LogP contribution is -2.31. The van der Waals surface area contributed by atoms with Gasteiger partial charge in [0.2, 0.25) is 10.0 Å². The molecule has 0 saturated heterocycles. The molecule has 19 heavy (non-hydrogen) atoms. The van der Waals surface area contributed by atoms with Crippen LogP contribution in [0.15, 0.2) is 29.2 Å². The van der Waals surface area contributed by atoms with E-state index < -0.39 is 10.0 Å². The number of hydrogen-bond donors (Lipinski definition) is 1. The van der Waals surface area contributed by atoms with Crippen molar-refractivity contribution in [1.29, 1.82) is 0 Å². The number of benzene rings is 1. The fraction of sp³-hybridized carbons (Fsp3) is 0.429. The lowest BCUT2D eigenvalue weighted by molar-refractivity contribution is 0.464. The zero-order valence-electron chi connectivity index (χ0n) is 11.4. The highest BCUT2D eigenvalue weighted by atomic mass is 32.2. The Balaban J connectivity index is 3.04. The first kappa shape index (κ1) is 15.7. The van der Waals surface area contributed by atoms with Crippen molar-refractivity contribution < 1.29 is 8.42 Å². The van der Waals surface area contributed by atoms with Crippen molar-refractivity contribution in [2.45, 2.75) is 25.3 Å². The molecule has 5 heteroatoms. The van der Waals surface area contributed by atoms with Crippen molar-refractivity contribution in [2.75, 3.05) is 19.6 Å². The Bertz CT molecular complexity index is 547. The Morgan fingerprint density at radius 2 is 2.11 bits per heavy atom. The Hall–Kier alpha value is -1.35. The average molecular weight is 280 g/mol. The molecule has 1 rings (SSSR count). The molecule has 0 aliphatic rings. The Morgan fingerprint density at radius 1 is 1.37 bits per heavy atom. The van der Waals surface area contributed by atoms with Crippen LogP contribution < -0.4 is 5.32 Å². The van der Waals surface area contributed by atoms with Crippen LogP contribution in [0.3, 0.4) is 0 Å². The van der Waals surface area contributed by atoms with E-state index in [-0.39, 0.29) is 6.54 Å². The number of nitrogens with one attached hydrogen (secondary N) is 1. The van der Waals surface area contributed by atoms with E-state index in [0.717, 1.165) is 12.1 Å². The van der Waals surface area contributed by atoms with Gasteiger partial charge in [0.1, 0.15) is 0 Å². The van der Waals surface area contributed by atoms with Gasteiger partial charge in [0.25, 0.3) is 0 Å². The average Bonchev–Trinajstić information content (AvgIpc) is 2.42. The van der Waals surface area contributed by atoms with Crippen molar-refractivity contribution in [2.24, 2.45) is 0 Å². The topological polar surface area (TPSA) is 49.4 Å². The van der Waals surface area contributed by atoms with Gasteiger partial charge in [-0.25, -0.2) is 8.42 Å². The second kappa shape index (κ2) is 7.29. The normalized spacial score (nSPS) is 11.5. The number of nitrogens with zero attached hydrogens (tertiary/aromatic N) is 1. The molecule has 1 N–H and O–H groups in total. The monoisotopic (exact) mass is 280 g/mol. The van der Waals surface area contributed by atoms with Gasteiger partial charge in [-0.2, -0.15) is 4.31 Å². The summed E-state index contributed by atoms with van der Waals surface area (Å²) >= 11 is 0. The van der Waals surface area contributed by atoms with Crippen molar-refractivity contribution in [3.05, 3.63) is 29.8 Å². The molecule has 1 aromatic rings. The van der Waals surface area contributed by atoms with Gasteiger partial charge in [0.05, 0.1) is 11.4 Å². The van der Waals surface area contributed by atoms with E-state index in [9.17, 15) is 8.42 Å². The number of sulfonamides is 1. The molecule has 0 aromatic heterocycles. The molecule has 0 saturated carbocycles. The minimum absolute atomic E-state index is 0.0935. The summed E-state index contributed by atoms with van der Waals surface area (Å²) in [6, 6.07) is 6.95. The lowest BCUT2D eigenvalue weighted by atomic mass is 10.2. The molecule has 0 amide bonds. The van der Waals surface area contributed by atoms with Crippen molar-refractivity contribution >= 4 is 10.0 Å². The summed E-state index contributed by atoms with van der Waals surface area (Å²) in [5.41, 5.74) is 0.944. The summed E-state index contributed by atoms with van der Waals surface area (Å²) in [7, 11) is -3.50. The van der Waals surface area contributed by atoms with Crippen LogP contribution in [-0.4, -0.2) is 32.4 Å². The summed E-state index contributed by atoms with van der Waals surface area (Å²) in [6.07, 6.45) is 5.21. The molecular weight excluding hydrogens is 260 g/mol. The highest BCUT2D eigenvalue weighted by Crippen LogP contribution is 2.16. The van der Waals surface area contributed by atoms with Gasteiger partial charge in [0, 0.05) is 13.1 Å². The third-order valence-corrected chi connectivity index (χ3v) is 4.65. The quantitative estimate of drug-likeness (QED) is 0.769. The molecule has 0 unspecified atom stereocenters. The zero-order valence-corrected chi connectivity index (χ0v) is 12.2. The van der Waals surface area contributed by atoms with Gasteiger partial charge in [-0.1, -0.05) is 31.9 Å². The second-order valence-corrected chi connectivity index (χ2v) is 6.00. The van der Waals surface area contributed by atoms with Crippen LogP contribution in [0.2, 0.25) is 0 Å². The minimum Gasteiger partial charge on any atom is -0.313 e. The van der Waals surface area contributed by atoms with E-state index in [0.29, 0.717) is 18.0 Å². The van der Waals surface area contributed by atoms with Gasteiger partial charge in [0.15, 0.2) is 0 Å². The molecule has 0 aliphatic heterocycles. The SMILES string of the molecule is C#CCN(CC)S(=O)(=O)c1cccc(CNCC)c1. The van der Waals surface area contributed by atoms with Gasteiger partial charge in [-0.15, -0.1) is 6.42 Å². The van der Waals surface area contributed by atoms with E-state index in [4.69, 9.17) is 6.42 Å². The number of terminal acetylenes is 1. The van der Waals surface area contributed by atoms with Crippen LogP contribution in [0.1, 0.15) is 19.4 Å². The third kappa shape index (κ3) is 4.06. The van der Waals surface area contributed by atoms with Crippen LogP contribution in [0.5, 0.6) is 0 Å². The minimum atomic E-state index is -3.50. The first-order valence-electron chi connectivity index (χ1n) is 6.29. The van der Waals surface area contributed by atoms with Crippen LogP contribution >= 0.6 is 0 Å². The standard InChI is InChI=1S/C14H20N2O2S/c1-4-10-16(6-3)19(17,18)14-9-7-8-13(11-14)12-15-5-2/h1,7-9,11,15H,5-6,10,12H2,2-3H3. The molecule has 0 heterocycles. The fourth-order valence-electron chi connectivity index (χ4n) is 1.70. The van der Waals surface area contributed by atoms with Crippen molar-refractivity contribution in [1.82, 2.24) is 9.62 Å². The molecule has 0 aliphatic carbocycles. The van der Waals surface area contributed by atoms with E-state index in [1.54, 1.807) is 25.1 Å². The molecule has 0 spiro atoms.